The molecule has 4 rings (SSSR count). The molecule has 0 amide bonds. The highest BCUT2D eigenvalue weighted by atomic mass is 127. The van der Waals surface area contributed by atoms with Gasteiger partial charge in [0.2, 0.25) is 0 Å². The van der Waals surface area contributed by atoms with Crippen LogP contribution in [0.4, 0.5) is 5.00 Å². The highest BCUT2D eigenvalue weighted by Gasteiger charge is 2.20. The molecular formula is C24H33IN6S. The normalized spacial score (nSPS) is 14.8. The van der Waals surface area contributed by atoms with Crippen molar-refractivity contribution in [1.29, 1.82) is 0 Å². The molecule has 1 aliphatic rings. The summed E-state index contributed by atoms with van der Waals surface area (Å²) in [6.07, 6.45) is 8.37. The molecule has 1 saturated heterocycles. The van der Waals surface area contributed by atoms with Gasteiger partial charge >= 0.3 is 0 Å². The molecule has 0 aliphatic carbocycles. The van der Waals surface area contributed by atoms with Gasteiger partial charge in [0.25, 0.3) is 0 Å². The lowest BCUT2D eigenvalue weighted by Gasteiger charge is -2.33. The Morgan fingerprint density at radius 3 is 2.69 bits per heavy atom. The number of aromatic nitrogens is 2. The van der Waals surface area contributed by atoms with Crippen LogP contribution in [0, 0.1) is 0 Å². The van der Waals surface area contributed by atoms with Crippen LogP contribution in [-0.2, 0) is 19.5 Å². The van der Waals surface area contributed by atoms with Crippen LogP contribution < -0.4 is 15.5 Å². The first-order chi connectivity index (χ1) is 15.3. The standard InChI is InChI=1S/C24H32N6S.HI/c1-25-24(28-21-11-15-30(16-12-21)23-10-6-18-31-23)27-19-22-26-13-17-29(22)14-5-9-20-7-3-2-4-8-20;/h2-4,6-8,10,13,17-18,21H,5,9,11-12,14-16,19H2,1H3,(H2,25,27,28);1H. The largest absolute Gasteiger partial charge is 0.363 e. The van der Waals surface area contributed by atoms with Crippen molar-refractivity contribution >= 4 is 46.3 Å². The van der Waals surface area contributed by atoms with E-state index in [9.17, 15) is 0 Å². The van der Waals surface area contributed by atoms with Crippen molar-refractivity contribution in [3.8, 4) is 0 Å². The van der Waals surface area contributed by atoms with Gasteiger partial charge in [-0.25, -0.2) is 4.98 Å². The molecule has 1 aromatic carbocycles. The van der Waals surface area contributed by atoms with Gasteiger partial charge in [-0.3, -0.25) is 4.99 Å². The van der Waals surface area contributed by atoms with Gasteiger partial charge in [-0.1, -0.05) is 30.3 Å². The summed E-state index contributed by atoms with van der Waals surface area (Å²) in [5, 5.41) is 10.6. The fraction of sp³-hybridized carbons (Fsp3) is 0.417. The van der Waals surface area contributed by atoms with E-state index in [0.717, 1.165) is 57.1 Å². The summed E-state index contributed by atoms with van der Waals surface area (Å²) in [7, 11) is 1.84. The predicted molar refractivity (Wildman–Crippen MR) is 145 cm³/mol. The number of aliphatic imine (C=N–C) groups is 1. The number of anilines is 1. The number of hydrogen-bond acceptors (Lipinski definition) is 4. The lowest BCUT2D eigenvalue weighted by atomic mass is 10.1. The first-order valence-corrected chi connectivity index (χ1v) is 12.0. The number of nitrogens with one attached hydrogen (secondary N) is 2. The molecule has 0 bridgehead atoms. The lowest BCUT2D eigenvalue weighted by molar-refractivity contribution is 0.462. The van der Waals surface area contributed by atoms with Crippen molar-refractivity contribution in [3.63, 3.8) is 0 Å². The SMILES string of the molecule is CN=C(NCc1nccn1CCCc1ccccc1)NC1CCN(c2cccs2)CC1.I. The monoisotopic (exact) mass is 564 g/mol. The maximum Gasteiger partial charge on any atom is 0.191 e. The zero-order chi connectivity index (χ0) is 21.3. The van der Waals surface area contributed by atoms with Gasteiger partial charge in [0, 0.05) is 45.1 Å². The second-order valence-electron chi connectivity index (χ2n) is 7.91. The predicted octanol–water partition coefficient (Wildman–Crippen LogP) is 4.53. The van der Waals surface area contributed by atoms with E-state index < -0.39 is 0 Å². The van der Waals surface area contributed by atoms with Crippen LogP contribution in [0.5, 0.6) is 0 Å². The van der Waals surface area contributed by atoms with Gasteiger partial charge in [0.15, 0.2) is 5.96 Å². The summed E-state index contributed by atoms with van der Waals surface area (Å²) < 4.78 is 2.24. The van der Waals surface area contributed by atoms with Crippen molar-refractivity contribution in [2.24, 2.45) is 4.99 Å². The molecule has 0 saturated carbocycles. The molecule has 3 heterocycles. The van der Waals surface area contributed by atoms with Crippen LogP contribution in [0.3, 0.4) is 0 Å². The van der Waals surface area contributed by atoms with E-state index in [4.69, 9.17) is 0 Å². The van der Waals surface area contributed by atoms with Gasteiger partial charge in [-0.2, -0.15) is 0 Å². The Balaban J connectivity index is 0.00000289. The smallest absolute Gasteiger partial charge is 0.191 e. The average molecular weight is 565 g/mol. The van der Waals surface area contributed by atoms with Gasteiger partial charge < -0.3 is 20.1 Å². The number of thiophene rings is 1. The number of aryl methyl sites for hydroxylation is 2. The first kappa shape index (κ1) is 24.6. The summed E-state index contributed by atoms with van der Waals surface area (Å²) in [5.74, 6) is 1.90. The first-order valence-electron chi connectivity index (χ1n) is 11.1. The second-order valence-corrected chi connectivity index (χ2v) is 8.83. The summed E-state index contributed by atoms with van der Waals surface area (Å²) in [4.78, 5) is 11.5. The highest BCUT2D eigenvalue weighted by Crippen LogP contribution is 2.24. The minimum Gasteiger partial charge on any atom is -0.363 e. The number of guanidine groups is 1. The fourth-order valence-corrected chi connectivity index (χ4v) is 4.84. The van der Waals surface area contributed by atoms with E-state index in [2.05, 4.69) is 84.1 Å². The van der Waals surface area contributed by atoms with E-state index in [1.165, 1.54) is 10.6 Å². The number of benzene rings is 1. The van der Waals surface area contributed by atoms with Crippen molar-refractivity contribution in [2.45, 2.75) is 44.8 Å². The van der Waals surface area contributed by atoms with E-state index in [1.807, 2.05) is 24.6 Å². The van der Waals surface area contributed by atoms with E-state index in [-0.39, 0.29) is 24.0 Å². The molecule has 32 heavy (non-hydrogen) atoms. The Kier molecular flexibility index (Phi) is 9.86. The van der Waals surface area contributed by atoms with E-state index >= 15 is 0 Å². The molecule has 1 aliphatic heterocycles. The maximum absolute atomic E-state index is 4.55. The zero-order valence-corrected chi connectivity index (χ0v) is 21.8. The Labute approximate surface area is 212 Å². The highest BCUT2D eigenvalue weighted by molar-refractivity contribution is 14.0. The quantitative estimate of drug-likeness (QED) is 0.240. The van der Waals surface area contributed by atoms with Crippen LogP contribution in [-0.4, -0.2) is 41.7 Å². The third-order valence-corrected chi connectivity index (χ3v) is 6.73. The molecule has 0 spiro atoms. The lowest BCUT2D eigenvalue weighted by Crippen LogP contribution is -2.48. The van der Waals surface area contributed by atoms with Crippen LogP contribution >= 0.6 is 35.3 Å². The number of rotatable bonds is 8. The molecule has 0 atom stereocenters. The van der Waals surface area contributed by atoms with Gasteiger partial charge in [0.05, 0.1) is 11.5 Å². The molecule has 2 aromatic heterocycles. The van der Waals surface area contributed by atoms with Crippen molar-refractivity contribution in [3.05, 3.63) is 71.6 Å². The molecule has 8 heteroatoms. The summed E-state index contributed by atoms with van der Waals surface area (Å²) in [5.41, 5.74) is 1.39. The Hall–Kier alpha value is -2.07. The van der Waals surface area contributed by atoms with Crippen molar-refractivity contribution in [1.82, 2.24) is 20.2 Å². The Morgan fingerprint density at radius 1 is 1.16 bits per heavy atom. The number of halogens is 1. The molecular weight excluding hydrogens is 531 g/mol. The van der Waals surface area contributed by atoms with E-state index in [1.54, 1.807) is 0 Å². The molecule has 6 nitrogen and oxygen atoms in total. The van der Waals surface area contributed by atoms with E-state index in [0.29, 0.717) is 12.6 Å². The van der Waals surface area contributed by atoms with Gasteiger partial charge in [-0.15, -0.1) is 35.3 Å². The van der Waals surface area contributed by atoms with Crippen molar-refractivity contribution in [2.75, 3.05) is 25.0 Å². The number of imidazole rings is 1. The van der Waals surface area contributed by atoms with Gasteiger partial charge in [0.1, 0.15) is 5.82 Å². The Morgan fingerprint density at radius 2 is 1.97 bits per heavy atom. The molecule has 3 aromatic rings. The number of nitrogens with zero attached hydrogens (tertiary/aromatic N) is 4. The minimum absolute atomic E-state index is 0. The Bertz CT molecular complexity index is 933. The average Bonchev–Trinajstić information content (AvgIpc) is 3.50. The molecule has 2 N–H and O–H groups in total. The number of piperidine rings is 1. The van der Waals surface area contributed by atoms with Crippen LogP contribution in [0.2, 0.25) is 0 Å². The third-order valence-electron chi connectivity index (χ3n) is 5.80. The molecule has 1 fully saturated rings. The zero-order valence-electron chi connectivity index (χ0n) is 18.6. The van der Waals surface area contributed by atoms with Crippen molar-refractivity contribution < 1.29 is 0 Å². The van der Waals surface area contributed by atoms with Crippen LogP contribution in [0.25, 0.3) is 0 Å². The maximum atomic E-state index is 4.55. The van der Waals surface area contributed by atoms with Gasteiger partial charge in [-0.05, 0) is 48.8 Å². The van der Waals surface area contributed by atoms with Crippen LogP contribution in [0.15, 0.2) is 65.2 Å². The summed E-state index contributed by atoms with van der Waals surface area (Å²) in [6, 6.07) is 15.4. The fourth-order valence-electron chi connectivity index (χ4n) is 4.05. The second kappa shape index (κ2) is 12.8. The molecule has 0 unspecified atom stereocenters. The molecule has 172 valence electrons. The minimum atomic E-state index is 0. The van der Waals surface area contributed by atoms with Crippen LogP contribution in [0.1, 0.15) is 30.7 Å². The summed E-state index contributed by atoms with van der Waals surface area (Å²) >= 11 is 1.82. The number of hydrogen-bond donors (Lipinski definition) is 2. The topological polar surface area (TPSA) is 57.5 Å². The molecule has 0 radical (unpaired) electrons. The third kappa shape index (κ3) is 6.96. The summed E-state index contributed by atoms with van der Waals surface area (Å²) in [6.45, 7) is 3.81.